The lowest BCUT2D eigenvalue weighted by atomic mass is 9.69. The van der Waals surface area contributed by atoms with Crippen molar-refractivity contribution in [1.29, 1.82) is 0 Å². The van der Waals surface area contributed by atoms with Crippen LogP contribution in [0.3, 0.4) is 0 Å². The lowest BCUT2D eigenvalue weighted by Gasteiger charge is -2.33. The van der Waals surface area contributed by atoms with E-state index in [0.717, 1.165) is 48.6 Å². The van der Waals surface area contributed by atoms with Gasteiger partial charge in [0.2, 0.25) is 0 Å². The molecular weight excluding hydrogens is 228 g/mol. The summed E-state index contributed by atoms with van der Waals surface area (Å²) >= 11 is 0. The summed E-state index contributed by atoms with van der Waals surface area (Å²) in [6.07, 6.45) is 6.29. The number of carboxylic acids is 1. The van der Waals surface area contributed by atoms with Crippen molar-refractivity contribution >= 4 is 16.9 Å². The van der Waals surface area contributed by atoms with Gasteiger partial charge in [-0.15, -0.1) is 0 Å². The van der Waals surface area contributed by atoms with Crippen LogP contribution in [0.1, 0.15) is 37.7 Å². The Morgan fingerprint density at radius 1 is 1.28 bits per heavy atom. The number of para-hydroxylation sites is 1. The number of fused-ring (bicyclic) bond motifs is 1. The Balaban J connectivity index is 2.20. The van der Waals surface area contributed by atoms with Crippen LogP contribution in [0.4, 0.5) is 0 Å². The molecule has 2 aromatic rings. The van der Waals surface area contributed by atoms with Crippen LogP contribution < -0.4 is 0 Å². The minimum atomic E-state index is -0.732. The summed E-state index contributed by atoms with van der Waals surface area (Å²) in [5, 5.41) is 17.7. The fourth-order valence-electron chi connectivity index (χ4n) is 3.12. The Morgan fingerprint density at radius 2 is 2.06 bits per heavy atom. The number of H-pyrrole nitrogens is 1. The van der Waals surface area contributed by atoms with E-state index in [1.165, 1.54) is 0 Å². The zero-order valence-electron chi connectivity index (χ0n) is 10.1. The Morgan fingerprint density at radius 3 is 2.78 bits per heavy atom. The maximum absolute atomic E-state index is 11.8. The van der Waals surface area contributed by atoms with Crippen molar-refractivity contribution in [3.05, 3.63) is 30.0 Å². The number of aromatic amines is 1. The molecule has 1 aromatic carbocycles. The van der Waals surface area contributed by atoms with Gasteiger partial charge in [-0.1, -0.05) is 37.5 Å². The van der Waals surface area contributed by atoms with E-state index in [2.05, 4.69) is 10.2 Å². The van der Waals surface area contributed by atoms with Gasteiger partial charge in [0.05, 0.1) is 17.1 Å². The van der Waals surface area contributed by atoms with Crippen molar-refractivity contribution in [2.24, 2.45) is 0 Å². The molecule has 0 spiro atoms. The molecule has 0 bridgehead atoms. The van der Waals surface area contributed by atoms with Gasteiger partial charge < -0.3 is 5.11 Å². The monoisotopic (exact) mass is 244 g/mol. The lowest BCUT2D eigenvalue weighted by Crippen LogP contribution is -2.38. The smallest absolute Gasteiger partial charge is 0.314 e. The Hall–Kier alpha value is -1.84. The second-order valence-electron chi connectivity index (χ2n) is 5.09. The fourth-order valence-corrected chi connectivity index (χ4v) is 3.12. The van der Waals surface area contributed by atoms with Crippen LogP contribution in [-0.4, -0.2) is 21.3 Å². The van der Waals surface area contributed by atoms with Crippen LogP contribution in [0.5, 0.6) is 0 Å². The molecule has 0 amide bonds. The van der Waals surface area contributed by atoms with Gasteiger partial charge in [-0.2, -0.15) is 5.10 Å². The Labute approximate surface area is 105 Å². The minimum Gasteiger partial charge on any atom is -0.481 e. The molecule has 1 fully saturated rings. The van der Waals surface area contributed by atoms with E-state index in [4.69, 9.17) is 0 Å². The van der Waals surface area contributed by atoms with E-state index in [0.29, 0.717) is 0 Å². The number of aliphatic carboxylic acids is 1. The molecule has 1 aromatic heterocycles. The van der Waals surface area contributed by atoms with E-state index >= 15 is 0 Å². The van der Waals surface area contributed by atoms with Crippen LogP contribution in [-0.2, 0) is 10.2 Å². The Kier molecular flexibility index (Phi) is 2.58. The van der Waals surface area contributed by atoms with E-state index in [-0.39, 0.29) is 0 Å². The number of nitrogens with one attached hydrogen (secondary N) is 1. The number of carbonyl (C=O) groups is 1. The highest BCUT2D eigenvalue weighted by molar-refractivity contribution is 5.90. The van der Waals surface area contributed by atoms with Crippen LogP contribution >= 0.6 is 0 Å². The number of benzene rings is 1. The number of hydrogen-bond donors (Lipinski definition) is 2. The van der Waals surface area contributed by atoms with Gasteiger partial charge in [-0.3, -0.25) is 9.89 Å². The highest BCUT2D eigenvalue weighted by Crippen LogP contribution is 2.41. The molecule has 0 unspecified atom stereocenters. The zero-order valence-corrected chi connectivity index (χ0v) is 10.1. The second kappa shape index (κ2) is 4.12. The third-order valence-corrected chi connectivity index (χ3v) is 4.11. The second-order valence-corrected chi connectivity index (χ2v) is 5.09. The van der Waals surface area contributed by atoms with Crippen LogP contribution in [0.25, 0.3) is 10.9 Å². The summed E-state index contributed by atoms with van der Waals surface area (Å²) in [6, 6.07) is 5.81. The number of nitrogens with zero attached hydrogens (tertiary/aromatic N) is 1. The molecule has 0 saturated heterocycles. The largest absolute Gasteiger partial charge is 0.481 e. The van der Waals surface area contributed by atoms with Gasteiger partial charge in [-0.25, -0.2) is 0 Å². The van der Waals surface area contributed by atoms with Crippen molar-refractivity contribution in [3.63, 3.8) is 0 Å². The van der Waals surface area contributed by atoms with Gasteiger partial charge in [0.1, 0.15) is 0 Å². The van der Waals surface area contributed by atoms with Crippen molar-refractivity contribution < 1.29 is 9.90 Å². The molecule has 1 saturated carbocycles. The molecule has 1 aliphatic carbocycles. The van der Waals surface area contributed by atoms with Gasteiger partial charge in [0.25, 0.3) is 0 Å². The number of rotatable bonds is 2. The summed E-state index contributed by atoms with van der Waals surface area (Å²) in [5.74, 6) is -0.704. The third-order valence-electron chi connectivity index (χ3n) is 4.11. The molecule has 3 rings (SSSR count). The van der Waals surface area contributed by atoms with Crippen molar-refractivity contribution in [1.82, 2.24) is 10.2 Å². The summed E-state index contributed by atoms with van der Waals surface area (Å²) in [5.41, 5.74) is 1.04. The normalized spacial score (nSPS) is 18.9. The van der Waals surface area contributed by atoms with Gasteiger partial charge >= 0.3 is 5.97 Å². The molecule has 0 aliphatic heterocycles. The van der Waals surface area contributed by atoms with Crippen LogP contribution in [0.2, 0.25) is 0 Å². The first-order chi connectivity index (χ1) is 8.74. The van der Waals surface area contributed by atoms with Crippen molar-refractivity contribution in [2.75, 3.05) is 0 Å². The number of carboxylic acid groups (broad SMARTS) is 1. The average Bonchev–Trinajstić information content (AvgIpc) is 2.87. The summed E-state index contributed by atoms with van der Waals surface area (Å²) in [4.78, 5) is 11.8. The van der Waals surface area contributed by atoms with Crippen molar-refractivity contribution in [2.45, 2.75) is 37.5 Å². The number of aromatic nitrogens is 2. The predicted octanol–water partition coefficient (Wildman–Crippen LogP) is 2.85. The summed E-state index contributed by atoms with van der Waals surface area (Å²) in [6.45, 7) is 0. The standard InChI is InChI=1S/C14H16N2O2/c17-13(18)14(7-2-1-3-8-14)11-6-4-5-10-9-15-16-12(10)11/h4-6,9H,1-3,7-8H2,(H,15,16)(H,17,18). The molecule has 0 atom stereocenters. The number of hydrogen-bond acceptors (Lipinski definition) is 2. The topological polar surface area (TPSA) is 66.0 Å². The van der Waals surface area contributed by atoms with E-state index in [1.807, 2.05) is 18.2 Å². The first-order valence-corrected chi connectivity index (χ1v) is 6.40. The first kappa shape index (κ1) is 11.3. The molecule has 2 N–H and O–H groups in total. The summed E-state index contributed by atoms with van der Waals surface area (Å²) in [7, 11) is 0. The van der Waals surface area contributed by atoms with Gasteiger partial charge in [-0.05, 0) is 18.4 Å². The van der Waals surface area contributed by atoms with E-state index in [9.17, 15) is 9.90 Å². The molecule has 1 aliphatic rings. The molecule has 18 heavy (non-hydrogen) atoms. The molecule has 0 radical (unpaired) electrons. The lowest BCUT2D eigenvalue weighted by molar-refractivity contribution is -0.145. The van der Waals surface area contributed by atoms with Crippen molar-refractivity contribution in [3.8, 4) is 0 Å². The van der Waals surface area contributed by atoms with E-state index in [1.54, 1.807) is 6.20 Å². The van der Waals surface area contributed by atoms with Crippen LogP contribution in [0.15, 0.2) is 24.4 Å². The average molecular weight is 244 g/mol. The van der Waals surface area contributed by atoms with E-state index < -0.39 is 11.4 Å². The molecule has 94 valence electrons. The summed E-state index contributed by atoms with van der Waals surface area (Å²) < 4.78 is 0. The molecular formula is C14H16N2O2. The maximum Gasteiger partial charge on any atom is 0.314 e. The van der Waals surface area contributed by atoms with Gasteiger partial charge in [0.15, 0.2) is 0 Å². The molecule has 4 heteroatoms. The highest BCUT2D eigenvalue weighted by atomic mass is 16.4. The Bertz CT molecular complexity index is 582. The minimum absolute atomic E-state index is 0.704. The highest BCUT2D eigenvalue weighted by Gasteiger charge is 2.42. The third kappa shape index (κ3) is 1.52. The fraction of sp³-hybridized carbons (Fsp3) is 0.429. The zero-order chi connectivity index (χ0) is 12.6. The SMILES string of the molecule is O=C(O)C1(c2cccc3cn[nH]c23)CCCCC1. The maximum atomic E-state index is 11.8. The molecule has 1 heterocycles. The molecule has 4 nitrogen and oxygen atoms in total. The van der Waals surface area contributed by atoms with Gasteiger partial charge in [0, 0.05) is 5.39 Å². The predicted molar refractivity (Wildman–Crippen MR) is 68.5 cm³/mol. The first-order valence-electron chi connectivity index (χ1n) is 6.40. The quantitative estimate of drug-likeness (QED) is 0.853. The van der Waals surface area contributed by atoms with Crippen LogP contribution in [0, 0.1) is 0 Å².